The zero-order chi connectivity index (χ0) is 9.14. The summed E-state index contributed by atoms with van der Waals surface area (Å²) >= 11 is 0. The maximum atomic E-state index is 10.3. The fourth-order valence-electron chi connectivity index (χ4n) is 0.817. The number of carboxylic acid groups (broad SMARTS) is 1. The molecular weight excluding hydrogens is 160 g/mol. The van der Waals surface area contributed by atoms with Gasteiger partial charge in [-0.25, -0.2) is 0 Å². The molecular formula is C7H10N2O3. The number of nitrogens with two attached hydrogens (primary N) is 1. The average Bonchev–Trinajstić information content (AvgIpc) is 2.35. The molecule has 1 heterocycles. The van der Waals surface area contributed by atoms with Crippen LogP contribution in [0.25, 0.3) is 0 Å². The molecule has 1 aromatic heterocycles. The van der Waals surface area contributed by atoms with Crippen LogP contribution >= 0.6 is 0 Å². The first-order valence-corrected chi connectivity index (χ1v) is 3.50. The van der Waals surface area contributed by atoms with Crippen molar-refractivity contribution in [3.63, 3.8) is 0 Å². The number of hydrogen-bond acceptors (Lipinski definition) is 4. The zero-order valence-electron chi connectivity index (χ0n) is 6.65. The number of aryl methyl sites for hydroxylation is 1. The molecule has 1 aromatic rings. The summed E-state index contributed by atoms with van der Waals surface area (Å²) in [6.07, 6.45) is 0.177. The molecule has 0 spiro atoms. The summed E-state index contributed by atoms with van der Waals surface area (Å²) in [7, 11) is 0. The highest BCUT2D eigenvalue weighted by Gasteiger charge is 2.14. The van der Waals surface area contributed by atoms with E-state index in [0.717, 1.165) is 5.69 Å². The van der Waals surface area contributed by atoms with E-state index in [9.17, 15) is 4.79 Å². The number of aliphatic carboxylic acids is 1. The van der Waals surface area contributed by atoms with Gasteiger partial charge in [0.15, 0.2) is 0 Å². The summed E-state index contributed by atoms with van der Waals surface area (Å²) in [5.74, 6) is -0.536. The van der Waals surface area contributed by atoms with Gasteiger partial charge in [-0.15, -0.1) is 0 Å². The van der Waals surface area contributed by atoms with Crippen LogP contribution < -0.4 is 5.73 Å². The maximum absolute atomic E-state index is 10.3. The smallest absolute Gasteiger partial charge is 0.320 e. The fraction of sp³-hybridized carbons (Fsp3) is 0.429. The lowest BCUT2D eigenvalue weighted by atomic mass is 10.2. The van der Waals surface area contributed by atoms with Crippen molar-refractivity contribution < 1.29 is 14.4 Å². The van der Waals surface area contributed by atoms with Gasteiger partial charge in [0, 0.05) is 12.5 Å². The van der Waals surface area contributed by atoms with Gasteiger partial charge in [0.25, 0.3) is 0 Å². The van der Waals surface area contributed by atoms with Crippen molar-refractivity contribution >= 4 is 5.97 Å². The SMILES string of the molecule is Cc1cc(CC(N)C(=O)O)on1. The van der Waals surface area contributed by atoms with Gasteiger partial charge < -0.3 is 15.4 Å². The van der Waals surface area contributed by atoms with Gasteiger partial charge in [0.05, 0.1) is 5.69 Å². The molecule has 3 N–H and O–H groups in total. The molecule has 1 rings (SSSR count). The number of rotatable bonds is 3. The molecule has 0 aliphatic rings. The van der Waals surface area contributed by atoms with E-state index in [-0.39, 0.29) is 6.42 Å². The molecule has 0 aliphatic carbocycles. The van der Waals surface area contributed by atoms with Crippen LogP contribution in [0.1, 0.15) is 11.5 Å². The second-order valence-corrected chi connectivity index (χ2v) is 2.58. The Morgan fingerprint density at radius 3 is 3.00 bits per heavy atom. The Kier molecular flexibility index (Phi) is 2.44. The summed E-state index contributed by atoms with van der Waals surface area (Å²) in [5, 5.41) is 12.1. The van der Waals surface area contributed by atoms with E-state index in [1.165, 1.54) is 0 Å². The second-order valence-electron chi connectivity index (χ2n) is 2.58. The van der Waals surface area contributed by atoms with Gasteiger partial charge in [-0.3, -0.25) is 4.79 Å². The Balaban J connectivity index is 2.58. The third kappa shape index (κ3) is 2.06. The summed E-state index contributed by atoms with van der Waals surface area (Å²) in [5.41, 5.74) is 6.00. The lowest BCUT2D eigenvalue weighted by molar-refractivity contribution is -0.138. The largest absolute Gasteiger partial charge is 0.480 e. The lowest BCUT2D eigenvalue weighted by Gasteiger charge is -2.00. The number of hydrogen-bond donors (Lipinski definition) is 2. The van der Waals surface area contributed by atoms with Crippen LogP contribution in [-0.4, -0.2) is 22.3 Å². The molecule has 0 aliphatic heterocycles. The standard InChI is InChI=1S/C7H10N2O3/c1-4-2-5(12-9-4)3-6(8)7(10)11/h2,6H,3,8H2,1H3,(H,10,11). The molecule has 1 unspecified atom stereocenters. The van der Waals surface area contributed by atoms with E-state index in [1.807, 2.05) is 0 Å². The fourth-order valence-corrected chi connectivity index (χ4v) is 0.817. The van der Waals surface area contributed by atoms with Crippen LogP contribution in [-0.2, 0) is 11.2 Å². The zero-order valence-corrected chi connectivity index (χ0v) is 6.65. The van der Waals surface area contributed by atoms with Gasteiger partial charge in [0.2, 0.25) is 0 Å². The van der Waals surface area contributed by atoms with Crippen LogP contribution in [0.2, 0.25) is 0 Å². The topological polar surface area (TPSA) is 89.4 Å². The summed E-state index contributed by atoms with van der Waals surface area (Å²) in [6.45, 7) is 1.76. The number of nitrogens with zero attached hydrogens (tertiary/aromatic N) is 1. The van der Waals surface area contributed by atoms with E-state index in [4.69, 9.17) is 15.4 Å². The molecule has 0 aromatic carbocycles. The van der Waals surface area contributed by atoms with Gasteiger partial charge in [-0.05, 0) is 6.92 Å². The van der Waals surface area contributed by atoms with Crippen molar-refractivity contribution in [2.45, 2.75) is 19.4 Å². The van der Waals surface area contributed by atoms with Gasteiger partial charge in [-0.2, -0.15) is 0 Å². The van der Waals surface area contributed by atoms with Crippen LogP contribution in [0, 0.1) is 6.92 Å². The van der Waals surface area contributed by atoms with Gasteiger partial charge in [-0.1, -0.05) is 5.16 Å². The van der Waals surface area contributed by atoms with Crippen LogP contribution in [0.4, 0.5) is 0 Å². The van der Waals surface area contributed by atoms with E-state index in [2.05, 4.69) is 5.16 Å². The van der Waals surface area contributed by atoms with Crippen molar-refractivity contribution in [2.75, 3.05) is 0 Å². The molecule has 0 saturated carbocycles. The molecule has 0 bridgehead atoms. The monoisotopic (exact) mass is 170 g/mol. The summed E-state index contributed by atoms with van der Waals surface area (Å²) in [6, 6.07) is 0.750. The highest BCUT2D eigenvalue weighted by molar-refractivity contribution is 5.73. The summed E-state index contributed by atoms with van der Waals surface area (Å²) in [4.78, 5) is 10.3. The highest BCUT2D eigenvalue weighted by atomic mass is 16.5. The van der Waals surface area contributed by atoms with Crippen molar-refractivity contribution in [3.05, 3.63) is 17.5 Å². The maximum Gasteiger partial charge on any atom is 0.320 e. The van der Waals surface area contributed by atoms with E-state index in [1.54, 1.807) is 13.0 Å². The number of aromatic nitrogens is 1. The van der Waals surface area contributed by atoms with Crippen LogP contribution in [0.15, 0.2) is 10.6 Å². The second kappa shape index (κ2) is 3.36. The molecule has 0 radical (unpaired) electrons. The molecule has 0 saturated heterocycles. The molecule has 0 fully saturated rings. The van der Waals surface area contributed by atoms with Crippen molar-refractivity contribution in [1.29, 1.82) is 0 Å². The van der Waals surface area contributed by atoms with E-state index < -0.39 is 12.0 Å². The third-order valence-corrected chi connectivity index (χ3v) is 1.42. The summed E-state index contributed by atoms with van der Waals surface area (Å²) < 4.78 is 4.79. The number of carboxylic acids is 1. The first-order valence-electron chi connectivity index (χ1n) is 3.50. The lowest BCUT2D eigenvalue weighted by Crippen LogP contribution is -2.32. The molecule has 66 valence electrons. The Labute approximate surface area is 69.2 Å². The Hall–Kier alpha value is -1.36. The third-order valence-electron chi connectivity index (χ3n) is 1.42. The van der Waals surface area contributed by atoms with Crippen molar-refractivity contribution in [2.24, 2.45) is 5.73 Å². The predicted molar refractivity (Wildman–Crippen MR) is 40.6 cm³/mol. The van der Waals surface area contributed by atoms with Crippen molar-refractivity contribution in [3.8, 4) is 0 Å². The Morgan fingerprint density at radius 1 is 1.92 bits per heavy atom. The Bertz CT molecular complexity index is 282. The molecule has 1 atom stereocenters. The van der Waals surface area contributed by atoms with E-state index >= 15 is 0 Å². The number of carbonyl (C=O) groups is 1. The minimum atomic E-state index is -1.04. The van der Waals surface area contributed by atoms with Crippen LogP contribution in [0.3, 0.4) is 0 Å². The molecule has 5 nitrogen and oxygen atoms in total. The molecule has 5 heteroatoms. The predicted octanol–water partition coefficient (Wildman–Crippen LogP) is -0.0626. The average molecular weight is 170 g/mol. The highest BCUT2D eigenvalue weighted by Crippen LogP contribution is 2.04. The van der Waals surface area contributed by atoms with Crippen molar-refractivity contribution in [1.82, 2.24) is 5.16 Å². The normalized spacial score (nSPS) is 12.8. The van der Waals surface area contributed by atoms with Gasteiger partial charge >= 0.3 is 5.97 Å². The quantitative estimate of drug-likeness (QED) is 0.663. The first-order chi connectivity index (χ1) is 5.59. The van der Waals surface area contributed by atoms with E-state index in [0.29, 0.717) is 5.76 Å². The molecule has 0 amide bonds. The molecule has 12 heavy (non-hydrogen) atoms. The minimum Gasteiger partial charge on any atom is -0.480 e. The van der Waals surface area contributed by atoms with Gasteiger partial charge in [0.1, 0.15) is 11.8 Å². The van der Waals surface area contributed by atoms with Crippen LogP contribution in [0.5, 0.6) is 0 Å². The Morgan fingerprint density at radius 2 is 2.58 bits per heavy atom. The first kappa shape index (κ1) is 8.73. The minimum absolute atomic E-state index is 0.177.